The van der Waals surface area contributed by atoms with Crippen LogP contribution in [0.1, 0.15) is 322 Å². The van der Waals surface area contributed by atoms with E-state index < -0.39 is 26.5 Å². The van der Waals surface area contributed by atoms with Crippen molar-refractivity contribution < 1.29 is 37.6 Å². The fourth-order valence-electron chi connectivity index (χ4n) is 10.2. The number of rotatable bonds is 69. The second-order valence-electron chi connectivity index (χ2n) is 24.4. The predicted molar refractivity (Wildman–Crippen MR) is 394 cm³/mol. The van der Waals surface area contributed by atoms with E-state index in [0.29, 0.717) is 6.42 Å². The van der Waals surface area contributed by atoms with Crippen LogP contribution in [0.3, 0.4) is 0 Å². The van der Waals surface area contributed by atoms with Crippen molar-refractivity contribution in [2.24, 2.45) is 5.73 Å². The van der Waals surface area contributed by atoms with Crippen molar-refractivity contribution in [3.05, 3.63) is 146 Å². The normalized spacial score (nSPS) is 13.8. The van der Waals surface area contributed by atoms with Crippen molar-refractivity contribution in [1.82, 2.24) is 0 Å². The van der Waals surface area contributed by atoms with E-state index in [4.69, 9.17) is 24.3 Å². The number of hydrogen-bond acceptors (Lipinski definition) is 8. The van der Waals surface area contributed by atoms with Crippen LogP contribution in [0.4, 0.5) is 0 Å². The lowest BCUT2D eigenvalue weighted by atomic mass is 10.0. The summed E-state index contributed by atoms with van der Waals surface area (Å²) in [5.74, 6) is -0.848. The monoisotopic (exact) mass is 1280 g/mol. The van der Waals surface area contributed by atoms with Crippen LogP contribution in [0.5, 0.6) is 0 Å². The summed E-state index contributed by atoms with van der Waals surface area (Å²) in [5, 5.41) is 0. The van der Waals surface area contributed by atoms with Gasteiger partial charge in [0.1, 0.15) is 6.61 Å². The molecule has 9 nitrogen and oxygen atoms in total. The smallest absolute Gasteiger partial charge is 0.462 e. The molecule has 0 aromatic heterocycles. The summed E-state index contributed by atoms with van der Waals surface area (Å²) in [6.07, 6.45) is 108. The highest BCUT2D eigenvalue weighted by molar-refractivity contribution is 7.47. The highest BCUT2D eigenvalue weighted by Crippen LogP contribution is 2.43. The molecule has 3 N–H and O–H groups in total. The molecule has 0 fully saturated rings. The summed E-state index contributed by atoms with van der Waals surface area (Å²) in [5.41, 5.74) is 5.40. The lowest BCUT2D eigenvalue weighted by Gasteiger charge is -2.19. The number of hydrogen-bond donors (Lipinski definition) is 2. The van der Waals surface area contributed by atoms with E-state index in [1.807, 2.05) is 0 Å². The summed E-state index contributed by atoms with van der Waals surface area (Å²) in [6, 6.07) is 0. The molecule has 91 heavy (non-hydrogen) atoms. The molecule has 0 rings (SSSR count). The van der Waals surface area contributed by atoms with Gasteiger partial charge in [-0.05, 0) is 122 Å². The maximum absolute atomic E-state index is 12.8. The first-order chi connectivity index (χ1) is 44.8. The van der Waals surface area contributed by atoms with E-state index >= 15 is 0 Å². The number of carbonyl (C=O) groups excluding carboxylic acids is 2. The number of allylic oxidation sites excluding steroid dienone is 24. The number of phosphoric ester groups is 1. The Morgan fingerprint density at radius 1 is 0.341 bits per heavy atom. The van der Waals surface area contributed by atoms with Gasteiger partial charge in [0.2, 0.25) is 0 Å². The van der Waals surface area contributed by atoms with Crippen LogP contribution in [-0.4, -0.2) is 49.3 Å². The Morgan fingerprint density at radius 3 is 0.912 bits per heavy atom. The minimum Gasteiger partial charge on any atom is -0.462 e. The van der Waals surface area contributed by atoms with Crippen molar-refractivity contribution in [3.8, 4) is 0 Å². The maximum Gasteiger partial charge on any atom is 0.472 e. The molecule has 0 aliphatic rings. The van der Waals surface area contributed by atoms with Gasteiger partial charge in [0.25, 0.3) is 0 Å². The Labute approximate surface area is 560 Å². The van der Waals surface area contributed by atoms with Crippen LogP contribution in [0.15, 0.2) is 146 Å². The van der Waals surface area contributed by atoms with Crippen LogP contribution in [0.25, 0.3) is 0 Å². The first-order valence-electron chi connectivity index (χ1n) is 37.3. The number of nitrogens with two attached hydrogens (primary N) is 1. The molecule has 0 aliphatic carbocycles. The van der Waals surface area contributed by atoms with Crippen LogP contribution >= 0.6 is 7.82 Å². The van der Waals surface area contributed by atoms with E-state index in [9.17, 15) is 19.0 Å². The second-order valence-corrected chi connectivity index (χ2v) is 25.9. The lowest BCUT2D eigenvalue weighted by molar-refractivity contribution is -0.161. The standard InChI is InChI=1S/C81H138NO8P/c1-3-5-7-9-11-13-15-17-19-21-23-25-27-29-31-33-35-36-37-38-39-40-41-42-44-46-48-50-52-54-56-58-60-62-64-66-68-70-72-74-81(84)90-79(78-89-91(85,86)88-76-75-82)77-87-80(83)73-71-69-67-65-63-61-59-57-55-53-51-49-47-45-43-34-32-30-28-26-24-22-20-18-16-14-12-10-8-6-4-2/h5,7,11,13,17,19,22-25,29,31,35-36,38-39,41-42,46,48,52,54,58,60,79H,3-4,6,8-10,12,14-16,18,20-21,26-28,30,32-34,37,40,43-45,47,49-51,53,55-57,59,61-78,82H2,1-2H3,(H,85,86)/b7-5-,13-11-,19-17-,24-22-,25-23-,31-29-,36-35-,39-38-,42-41-,48-46-,54-52-,60-58-. The molecular weight excluding hydrogens is 1150 g/mol. The molecule has 0 radical (unpaired) electrons. The molecule has 10 heteroatoms. The van der Waals surface area contributed by atoms with Crippen LogP contribution in [0, 0.1) is 0 Å². The average Bonchev–Trinajstić information content (AvgIpc) is 3.71. The largest absolute Gasteiger partial charge is 0.472 e. The Bertz CT molecular complexity index is 2010. The number of carbonyl (C=O) groups is 2. The van der Waals surface area contributed by atoms with Gasteiger partial charge < -0.3 is 20.1 Å². The molecule has 0 saturated carbocycles. The Morgan fingerprint density at radius 2 is 0.604 bits per heavy atom. The number of phosphoric acid groups is 1. The fourth-order valence-corrected chi connectivity index (χ4v) is 11.0. The molecule has 0 amide bonds. The van der Waals surface area contributed by atoms with Gasteiger partial charge in [-0.15, -0.1) is 0 Å². The van der Waals surface area contributed by atoms with Crippen molar-refractivity contribution >= 4 is 19.8 Å². The Hall–Kier alpha value is -4.11. The first-order valence-corrected chi connectivity index (χ1v) is 38.8. The minimum absolute atomic E-state index is 0.0441. The molecule has 2 unspecified atom stereocenters. The van der Waals surface area contributed by atoms with Crippen molar-refractivity contribution in [2.45, 2.75) is 328 Å². The zero-order valence-corrected chi connectivity index (χ0v) is 59.4. The molecule has 0 spiro atoms. The van der Waals surface area contributed by atoms with Gasteiger partial charge in [0.15, 0.2) is 6.10 Å². The van der Waals surface area contributed by atoms with E-state index in [-0.39, 0.29) is 38.6 Å². The molecule has 0 heterocycles. The molecule has 0 aromatic carbocycles. The van der Waals surface area contributed by atoms with Gasteiger partial charge in [0, 0.05) is 19.4 Å². The highest BCUT2D eigenvalue weighted by atomic mass is 31.2. The van der Waals surface area contributed by atoms with Crippen LogP contribution in [0.2, 0.25) is 0 Å². The Balaban J connectivity index is 3.96. The summed E-state index contributed by atoms with van der Waals surface area (Å²) in [4.78, 5) is 35.4. The average molecular weight is 1280 g/mol. The third-order valence-corrected chi connectivity index (χ3v) is 16.7. The zero-order chi connectivity index (χ0) is 65.8. The van der Waals surface area contributed by atoms with Gasteiger partial charge in [-0.25, -0.2) is 4.57 Å². The van der Waals surface area contributed by atoms with Crippen molar-refractivity contribution in [3.63, 3.8) is 0 Å². The van der Waals surface area contributed by atoms with E-state index in [0.717, 1.165) is 122 Å². The zero-order valence-electron chi connectivity index (χ0n) is 58.5. The summed E-state index contributed by atoms with van der Waals surface area (Å²) >= 11 is 0. The Kier molecular flexibility index (Phi) is 71.5. The maximum atomic E-state index is 12.8. The lowest BCUT2D eigenvalue weighted by Crippen LogP contribution is -2.29. The molecule has 0 aliphatic heterocycles. The van der Waals surface area contributed by atoms with Gasteiger partial charge in [0.05, 0.1) is 13.2 Å². The third kappa shape index (κ3) is 74.8. The van der Waals surface area contributed by atoms with E-state index in [1.165, 1.54) is 167 Å². The molecule has 520 valence electrons. The summed E-state index contributed by atoms with van der Waals surface area (Å²) < 4.78 is 33.2. The second kappa shape index (κ2) is 74.9. The predicted octanol–water partition coefficient (Wildman–Crippen LogP) is 25.0. The van der Waals surface area contributed by atoms with Gasteiger partial charge in [-0.1, -0.05) is 333 Å². The van der Waals surface area contributed by atoms with Crippen LogP contribution < -0.4 is 5.73 Å². The highest BCUT2D eigenvalue weighted by Gasteiger charge is 2.26. The van der Waals surface area contributed by atoms with Crippen molar-refractivity contribution in [1.29, 1.82) is 0 Å². The SMILES string of the molecule is CC/C=C\C/C=C\C/C=C\C/C=C\C/C=C\C/C=C\C/C=C\C/C=C\C/C=C\C/C=C\C/C=C\CCCCCCCC(=O)OC(COC(=O)CCCCCCCCCCCCCCCCCCCCC/C=C\CCCCCCCCCC)COP(=O)(O)OCCN. The molecule has 0 bridgehead atoms. The summed E-state index contributed by atoms with van der Waals surface area (Å²) in [7, 11) is -4.41. The third-order valence-electron chi connectivity index (χ3n) is 15.7. The van der Waals surface area contributed by atoms with E-state index in [2.05, 4.69) is 160 Å². The number of ether oxygens (including phenoxy) is 2. The topological polar surface area (TPSA) is 134 Å². The molecule has 2 atom stereocenters. The van der Waals surface area contributed by atoms with Crippen molar-refractivity contribution in [2.75, 3.05) is 26.4 Å². The summed E-state index contributed by atoms with van der Waals surface area (Å²) in [6.45, 7) is 3.63. The molecular formula is C81H138NO8P. The van der Waals surface area contributed by atoms with Gasteiger partial charge >= 0.3 is 19.8 Å². The van der Waals surface area contributed by atoms with Gasteiger partial charge in [-0.2, -0.15) is 0 Å². The quantitative estimate of drug-likeness (QED) is 0.0264. The van der Waals surface area contributed by atoms with E-state index in [1.54, 1.807) is 0 Å². The fraction of sp³-hybridized carbons (Fsp3) is 0.679. The molecule has 0 saturated heterocycles. The minimum atomic E-state index is -4.41. The number of esters is 2. The van der Waals surface area contributed by atoms with Gasteiger partial charge in [-0.3, -0.25) is 18.6 Å². The number of unbranched alkanes of at least 4 members (excludes halogenated alkanes) is 32. The van der Waals surface area contributed by atoms with Crippen LogP contribution in [-0.2, 0) is 32.7 Å². The first kappa shape index (κ1) is 86.9. The molecule has 0 aromatic rings.